The van der Waals surface area contributed by atoms with Gasteiger partial charge in [0.05, 0.1) is 17.6 Å². The standard InChI is InChI=1S/C23H28N2O2/c1-17-9-5-8-14-22(17)27-16-19(26)15-25-21-13-7-6-12-20(21)24-23(25)18-10-3-2-4-11-18/h5-9,12-14,18-19,26H,2-4,10-11,15-16H2,1H3/t19-/m1/s1. The van der Waals surface area contributed by atoms with Crippen LogP contribution in [0.1, 0.15) is 49.4 Å². The van der Waals surface area contributed by atoms with E-state index in [9.17, 15) is 5.11 Å². The first-order valence-corrected chi connectivity index (χ1v) is 10.0. The highest BCUT2D eigenvalue weighted by atomic mass is 16.5. The quantitative estimate of drug-likeness (QED) is 0.681. The van der Waals surface area contributed by atoms with Gasteiger partial charge in [-0.25, -0.2) is 4.98 Å². The zero-order valence-corrected chi connectivity index (χ0v) is 16.0. The number of aryl methyl sites for hydroxylation is 1. The number of benzene rings is 2. The Morgan fingerprint density at radius 2 is 1.81 bits per heavy atom. The van der Waals surface area contributed by atoms with Gasteiger partial charge in [0.2, 0.25) is 0 Å². The maximum absolute atomic E-state index is 10.7. The van der Waals surface area contributed by atoms with E-state index in [1.54, 1.807) is 0 Å². The molecule has 2 aromatic carbocycles. The van der Waals surface area contributed by atoms with E-state index in [1.165, 1.54) is 32.1 Å². The van der Waals surface area contributed by atoms with E-state index in [2.05, 4.69) is 16.7 Å². The summed E-state index contributed by atoms with van der Waals surface area (Å²) in [4.78, 5) is 4.93. The summed E-state index contributed by atoms with van der Waals surface area (Å²) in [6.07, 6.45) is 5.67. The number of fused-ring (bicyclic) bond motifs is 1. The summed E-state index contributed by atoms with van der Waals surface area (Å²) in [7, 11) is 0. The Morgan fingerprint density at radius 1 is 1.07 bits per heavy atom. The van der Waals surface area contributed by atoms with Crippen molar-refractivity contribution in [3.63, 3.8) is 0 Å². The van der Waals surface area contributed by atoms with Crippen molar-refractivity contribution in [1.29, 1.82) is 0 Å². The summed E-state index contributed by atoms with van der Waals surface area (Å²) in [5.74, 6) is 2.46. The van der Waals surface area contributed by atoms with Gasteiger partial charge in [-0.05, 0) is 43.5 Å². The highest BCUT2D eigenvalue weighted by Gasteiger charge is 2.23. The fourth-order valence-electron chi connectivity index (χ4n) is 4.13. The maximum atomic E-state index is 10.7. The largest absolute Gasteiger partial charge is 0.491 e. The van der Waals surface area contributed by atoms with E-state index >= 15 is 0 Å². The Labute approximate surface area is 160 Å². The number of ether oxygens (including phenoxy) is 1. The fourth-order valence-corrected chi connectivity index (χ4v) is 4.13. The number of hydrogen-bond acceptors (Lipinski definition) is 3. The number of imidazole rings is 1. The second-order valence-corrected chi connectivity index (χ2v) is 7.63. The van der Waals surface area contributed by atoms with Crippen molar-refractivity contribution < 1.29 is 9.84 Å². The highest BCUT2D eigenvalue weighted by molar-refractivity contribution is 5.76. The van der Waals surface area contributed by atoms with Crippen LogP contribution in [-0.2, 0) is 6.54 Å². The summed E-state index contributed by atoms with van der Waals surface area (Å²) in [6, 6.07) is 16.2. The van der Waals surface area contributed by atoms with E-state index in [1.807, 2.05) is 43.3 Å². The van der Waals surface area contributed by atoms with Gasteiger partial charge in [0.1, 0.15) is 24.3 Å². The third kappa shape index (κ3) is 4.01. The predicted octanol–water partition coefficient (Wildman–Crippen LogP) is 4.83. The van der Waals surface area contributed by atoms with E-state index < -0.39 is 6.10 Å². The minimum Gasteiger partial charge on any atom is -0.491 e. The SMILES string of the molecule is Cc1ccccc1OC[C@H](O)Cn1c(C2CCCCC2)nc2ccccc21. The second-order valence-electron chi connectivity index (χ2n) is 7.63. The molecule has 1 N–H and O–H groups in total. The average molecular weight is 364 g/mol. The van der Waals surface area contributed by atoms with Gasteiger partial charge in [-0.15, -0.1) is 0 Å². The Bertz CT molecular complexity index is 896. The van der Waals surface area contributed by atoms with Crippen molar-refractivity contribution >= 4 is 11.0 Å². The van der Waals surface area contributed by atoms with E-state index in [4.69, 9.17) is 9.72 Å². The minimum atomic E-state index is -0.579. The molecule has 142 valence electrons. The van der Waals surface area contributed by atoms with Gasteiger partial charge in [-0.3, -0.25) is 0 Å². The van der Waals surface area contributed by atoms with Gasteiger partial charge in [0.25, 0.3) is 0 Å². The highest BCUT2D eigenvalue weighted by Crippen LogP contribution is 2.34. The Hall–Kier alpha value is -2.33. The van der Waals surface area contributed by atoms with Crippen LogP contribution in [-0.4, -0.2) is 27.4 Å². The van der Waals surface area contributed by atoms with Gasteiger partial charge in [0.15, 0.2) is 0 Å². The molecule has 0 unspecified atom stereocenters. The van der Waals surface area contributed by atoms with Gasteiger partial charge < -0.3 is 14.4 Å². The first-order valence-electron chi connectivity index (χ1n) is 10.0. The number of nitrogens with zero attached hydrogens (tertiary/aromatic N) is 2. The lowest BCUT2D eigenvalue weighted by atomic mass is 9.88. The third-order valence-corrected chi connectivity index (χ3v) is 5.57. The number of aliphatic hydroxyl groups excluding tert-OH is 1. The third-order valence-electron chi connectivity index (χ3n) is 5.57. The number of hydrogen-bond donors (Lipinski definition) is 1. The molecule has 4 nitrogen and oxygen atoms in total. The first kappa shape index (κ1) is 18.1. The molecule has 4 rings (SSSR count). The lowest BCUT2D eigenvalue weighted by Crippen LogP contribution is -2.25. The number of rotatable bonds is 6. The Morgan fingerprint density at radius 3 is 2.63 bits per heavy atom. The second kappa shape index (κ2) is 8.13. The zero-order chi connectivity index (χ0) is 18.6. The smallest absolute Gasteiger partial charge is 0.122 e. The van der Waals surface area contributed by atoms with E-state index in [0.717, 1.165) is 28.2 Å². The van der Waals surface area contributed by atoms with Crippen LogP contribution in [0.4, 0.5) is 0 Å². The van der Waals surface area contributed by atoms with Crippen molar-refractivity contribution in [3.8, 4) is 5.75 Å². The molecular weight excluding hydrogens is 336 g/mol. The molecule has 1 heterocycles. The molecule has 27 heavy (non-hydrogen) atoms. The molecule has 0 aliphatic heterocycles. The lowest BCUT2D eigenvalue weighted by molar-refractivity contribution is 0.0919. The van der Waals surface area contributed by atoms with Gasteiger partial charge in [-0.1, -0.05) is 49.6 Å². The average Bonchev–Trinajstić information content (AvgIpc) is 3.06. The summed E-state index contributed by atoms with van der Waals surface area (Å²) < 4.78 is 8.08. The van der Waals surface area contributed by atoms with Crippen LogP contribution in [0.25, 0.3) is 11.0 Å². The topological polar surface area (TPSA) is 47.3 Å². The molecule has 0 bridgehead atoms. The van der Waals surface area contributed by atoms with Gasteiger partial charge in [0, 0.05) is 5.92 Å². The monoisotopic (exact) mass is 364 g/mol. The van der Waals surface area contributed by atoms with Crippen molar-refractivity contribution in [2.75, 3.05) is 6.61 Å². The molecule has 4 heteroatoms. The molecule has 1 aliphatic rings. The molecular formula is C23H28N2O2. The lowest BCUT2D eigenvalue weighted by Gasteiger charge is -2.23. The van der Waals surface area contributed by atoms with Crippen LogP contribution in [0.3, 0.4) is 0 Å². The zero-order valence-electron chi connectivity index (χ0n) is 16.0. The van der Waals surface area contributed by atoms with Gasteiger partial charge >= 0.3 is 0 Å². The molecule has 1 atom stereocenters. The first-order chi connectivity index (χ1) is 13.2. The van der Waals surface area contributed by atoms with E-state index in [0.29, 0.717) is 12.5 Å². The fraction of sp³-hybridized carbons (Fsp3) is 0.435. The molecule has 3 aromatic rings. The minimum absolute atomic E-state index is 0.279. The number of aromatic nitrogens is 2. The summed E-state index contributed by atoms with van der Waals surface area (Å²) in [5.41, 5.74) is 3.21. The maximum Gasteiger partial charge on any atom is 0.122 e. The van der Waals surface area contributed by atoms with Crippen LogP contribution in [0.15, 0.2) is 48.5 Å². The van der Waals surface area contributed by atoms with Crippen molar-refractivity contribution in [2.24, 2.45) is 0 Å². The van der Waals surface area contributed by atoms with Crippen LogP contribution in [0, 0.1) is 6.92 Å². The van der Waals surface area contributed by atoms with Gasteiger partial charge in [-0.2, -0.15) is 0 Å². The Kier molecular flexibility index (Phi) is 5.44. The molecule has 0 amide bonds. The van der Waals surface area contributed by atoms with Crippen molar-refractivity contribution in [2.45, 2.75) is 57.6 Å². The normalized spacial score (nSPS) is 16.5. The van der Waals surface area contributed by atoms with Crippen LogP contribution < -0.4 is 4.74 Å². The number of para-hydroxylation sites is 3. The molecule has 1 aromatic heterocycles. The van der Waals surface area contributed by atoms with Crippen LogP contribution >= 0.6 is 0 Å². The molecule has 0 spiro atoms. The molecule has 0 radical (unpaired) electrons. The molecule has 1 fully saturated rings. The van der Waals surface area contributed by atoms with Crippen LogP contribution in [0.5, 0.6) is 5.75 Å². The molecule has 1 saturated carbocycles. The molecule has 0 saturated heterocycles. The Balaban J connectivity index is 1.54. The van der Waals surface area contributed by atoms with Crippen LogP contribution in [0.2, 0.25) is 0 Å². The predicted molar refractivity (Wildman–Crippen MR) is 108 cm³/mol. The van der Waals surface area contributed by atoms with Crippen molar-refractivity contribution in [1.82, 2.24) is 9.55 Å². The summed E-state index contributed by atoms with van der Waals surface area (Å²) >= 11 is 0. The summed E-state index contributed by atoms with van der Waals surface area (Å²) in [6.45, 7) is 2.81. The van der Waals surface area contributed by atoms with E-state index in [-0.39, 0.29) is 6.61 Å². The van der Waals surface area contributed by atoms with Crippen molar-refractivity contribution in [3.05, 3.63) is 59.9 Å². The summed E-state index contributed by atoms with van der Waals surface area (Å²) in [5, 5.41) is 10.7. The number of aliphatic hydroxyl groups is 1. The molecule has 1 aliphatic carbocycles.